The van der Waals surface area contributed by atoms with Crippen LogP contribution in [0.4, 0.5) is 11.4 Å². The number of esters is 1. The van der Waals surface area contributed by atoms with Gasteiger partial charge in [0.2, 0.25) is 6.10 Å². The summed E-state index contributed by atoms with van der Waals surface area (Å²) in [6.45, 7) is 1.41. The van der Waals surface area contributed by atoms with Crippen molar-refractivity contribution in [1.29, 1.82) is 0 Å². The SMILES string of the molecule is CC(=O)c1cccc(NC(=O)C(OC(=O)Cc2ccccc2[N+](=O)[O-])c2ccccc2)c1. The summed E-state index contributed by atoms with van der Waals surface area (Å²) in [6, 6.07) is 20.6. The van der Waals surface area contributed by atoms with Gasteiger partial charge in [-0.1, -0.05) is 60.7 Å². The summed E-state index contributed by atoms with van der Waals surface area (Å²) in [5.74, 6) is -1.56. The first-order valence-corrected chi connectivity index (χ1v) is 9.73. The topological polar surface area (TPSA) is 116 Å². The predicted molar refractivity (Wildman–Crippen MR) is 117 cm³/mol. The van der Waals surface area contributed by atoms with Crippen molar-refractivity contribution in [3.63, 3.8) is 0 Å². The molecule has 3 aromatic rings. The molecule has 1 unspecified atom stereocenters. The van der Waals surface area contributed by atoms with Crippen molar-refractivity contribution in [2.45, 2.75) is 19.4 Å². The molecule has 8 heteroatoms. The number of hydrogen-bond acceptors (Lipinski definition) is 6. The minimum Gasteiger partial charge on any atom is -0.447 e. The normalized spacial score (nSPS) is 11.3. The van der Waals surface area contributed by atoms with Crippen molar-refractivity contribution in [2.75, 3.05) is 5.32 Å². The van der Waals surface area contributed by atoms with E-state index in [4.69, 9.17) is 4.74 Å². The number of Topliss-reactive ketones (excluding diaryl/α,β-unsaturated/α-hetero) is 1. The number of hydrogen-bond donors (Lipinski definition) is 1. The van der Waals surface area contributed by atoms with Crippen LogP contribution in [0.1, 0.15) is 34.5 Å². The minimum atomic E-state index is -1.28. The molecular formula is C24H20N2O6. The highest BCUT2D eigenvalue weighted by Gasteiger charge is 2.26. The number of nitro groups is 1. The number of benzene rings is 3. The maximum absolute atomic E-state index is 13.0. The number of nitro benzene ring substituents is 1. The van der Waals surface area contributed by atoms with Crippen LogP contribution in [0.15, 0.2) is 78.9 Å². The molecule has 0 saturated carbocycles. The Balaban J connectivity index is 1.82. The van der Waals surface area contributed by atoms with E-state index < -0.39 is 22.9 Å². The van der Waals surface area contributed by atoms with E-state index in [1.165, 1.54) is 31.2 Å². The Morgan fingerprint density at radius 1 is 0.969 bits per heavy atom. The summed E-state index contributed by atoms with van der Waals surface area (Å²) in [5.41, 5.74) is 1.21. The third kappa shape index (κ3) is 5.63. The largest absolute Gasteiger partial charge is 0.447 e. The molecule has 32 heavy (non-hydrogen) atoms. The molecule has 0 aliphatic heterocycles. The van der Waals surface area contributed by atoms with Crippen molar-refractivity contribution in [2.24, 2.45) is 0 Å². The van der Waals surface area contributed by atoms with Crippen LogP contribution < -0.4 is 5.32 Å². The monoisotopic (exact) mass is 432 g/mol. The van der Waals surface area contributed by atoms with Crippen molar-refractivity contribution >= 4 is 29.0 Å². The fourth-order valence-electron chi connectivity index (χ4n) is 3.09. The summed E-state index contributed by atoms with van der Waals surface area (Å²) in [7, 11) is 0. The van der Waals surface area contributed by atoms with Gasteiger partial charge in [-0.15, -0.1) is 0 Å². The van der Waals surface area contributed by atoms with E-state index in [0.29, 0.717) is 16.8 Å². The number of anilines is 1. The molecule has 8 nitrogen and oxygen atoms in total. The lowest BCUT2D eigenvalue weighted by Crippen LogP contribution is -2.26. The van der Waals surface area contributed by atoms with Gasteiger partial charge in [-0.05, 0) is 19.1 Å². The molecule has 0 aliphatic rings. The van der Waals surface area contributed by atoms with Gasteiger partial charge in [0.15, 0.2) is 5.78 Å². The molecule has 0 radical (unpaired) electrons. The Labute approximate surface area is 184 Å². The molecule has 0 heterocycles. The highest BCUT2D eigenvalue weighted by atomic mass is 16.6. The number of rotatable bonds is 8. The summed E-state index contributed by atoms with van der Waals surface area (Å²) in [5, 5.41) is 13.9. The van der Waals surface area contributed by atoms with Gasteiger partial charge in [-0.25, -0.2) is 0 Å². The first kappa shape index (κ1) is 22.4. The van der Waals surface area contributed by atoms with E-state index in [2.05, 4.69) is 5.32 Å². The first-order valence-electron chi connectivity index (χ1n) is 9.73. The average molecular weight is 432 g/mol. The number of amides is 1. The quantitative estimate of drug-likeness (QED) is 0.246. The Hall–Kier alpha value is -4.33. The van der Waals surface area contributed by atoms with Crippen LogP contribution in [0.25, 0.3) is 0 Å². The Bertz CT molecular complexity index is 1160. The second-order valence-electron chi connectivity index (χ2n) is 6.97. The van der Waals surface area contributed by atoms with E-state index in [9.17, 15) is 24.5 Å². The second-order valence-corrected chi connectivity index (χ2v) is 6.97. The highest BCUT2D eigenvalue weighted by molar-refractivity contribution is 5.99. The third-order valence-electron chi connectivity index (χ3n) is 4.65. The fourth-order valence-corrected chi connectivity index (χ4v) is 3.09. The average Bonchev–Trinajstić information content (AvgIpc) is 2.78. The van der Waals surface area contributed by atoms with Gasteiger partial charge in [0.25, 0.3) is 11.6 Å². The van der Waals surface area contributed by atoms with Crippen LogP contribution in [-0.2, 0) is 20.7 Å². The fraction of sp³-hybridized carbons (Fsp3) is 0.125. The standard InChI is InChI=1S/C24H20N2O6/c1-16(27)18-11-7-12-20(14-18)25-24(29)23(17-8-3-2-4-9-17)32-22(28)15-19-10-5-6-13-21(19)26(30)31/h2-14,23H,15H2,1H3,(H,25,29). The van der Waals surface area contributed by atoms with Crippen molar-refractivity contribution in [3.8, 4) is 0 Å². The molecule has 0 aliphatic carbocycles. The molecule has 1 atom stereocenters. The molecular weight excluding hydrogens is 412 g/mol. The number of nitrogens with zero attached hydrogens (tertiary/aromatic N) is 1. The van der Waals surface area contributed by atoms with Gasteiger partial charge in [0.1, 0.15) is 0 Å². The zero-order chi connectivity index (χ0) is 23.1. The molecule has 3 rings (SSSR count). The number of carbonyl (C=O) groups is 3. The van der Waals surface area contributed by atoms with Crippen molar-refractivity contribution in [3.05, 3.63) is 106 Å². The first-order chi connectivity index (χ1) is 15.3. The predicted octanol–water partition coefficient (Wildman–Crippen LogP) is 4.26. The zero-order valence-electron chi connectivity index (χ0n) is 17.2. The minimum absolute atomic E-state index is 0.156. The maximum Gasteiger partial charge on any atom is 0.311 e. The Kier molecular flexibility index (Phi) is 7.07. The number of ketones is 1. The summed E-state index contributed by atoms with van der Waals surface area (Å²) in [6.07, 6.45) is -1.65. The van der Waals surface area contributed by atoms with Crippen molar-refractivity contribution < 1.29 is 24.0 Å². The smallest absolute Gasteiger partial charge is 0.311 e. The molecule has 0 fully saturated rings. The lowest BCUT2D eigenvalue weighted by molar-refractivity contribution is -0.385. The number of para-hydroxylation sites is 1. The Morgan fingerprint density at radius 2 is 1.66 bits per heavy atom. The molecule has 0 bridgehead atoms. The highest BCUT2D eigenvalue weighted by Crippen LogP contribution is 2.23. The number of carbonyl (C=O) groups excluding carboxylic acids is 3. The summed E-state index contributed by atoms with van der Waals surface area (Å²) in [4.78, 5) is 47.8. The molecule has 0 aromatic heterocycles. The molecule has 0 saturated heterocycles. The van der Waals surface area contributed by atoms with Gasteiger partial charge in [0, 0.05) is 28.4 Å². The molecule has 162 valence electrons. The number of nitrogens with one attached hydrogen (secondary N) is 1. The molecule has 1 amide bonds. The second kappa shape index (κ2) is 10.1. The van der Waals surface area contributed by atoms with E-state index in [0.717, 1.165) is 0 Å². The van der Waals surface area contributed by atoms with Gasteiger partial charge in [0.05, 0.1) is 11.3 Å². The van der Waals surface area contributed by atoms with E-state index in [1.54, 1.807) is 54.6 Å². The van der Waals surface area contributed by atoms with Gasteiger partial charge in [-0.3, -0.25) is 24.5 Å². The lowest BCUT2D eigenvalue weighted by Gasteiger charge is -2.18. The van der Waals surface area contributed by atoms with E-state index >= 15 is 0 Å². The maximum atomic E-state index is 13.0. The molecule has 0 spiro atoms. The molecule has 3 aromatic carbocycles. The van der Waals surface area contributed by atoms with Crippen LogP contribution in [0.3, 0.4) is 0 Å². The van der Waals surface area contributed by atoms with E-state index in [1.807, 2.05) is 0 Å². The summed E-state index contributed by atoms with van der Waals surface area (Å²) < 4.78 is 5.45. The van der Waals surface area contributed by atoms with Gasteiger partial charge in [-0.2, -0.15) is 0 Å². The van der Waals surface area contributed by atoms with Crippen LogP contribution >= 0.6 is 0 Å². The number of ether oxygens (including phenoxy) is 1. The van der Waals surface area contributed by atoms with Crippen molar-refractivity contribution in [1.82, 2.24) is 0 Å². The molecule has 1 N–H and O–H groups in total. The van der Waals surface area contributed by atoms with E-state index in [-0.39, 0.29) is 23.5 Å². The van der Waals surface area contributed by atoms with Gasteiger partial charge >= 0.3 is 5.97 Å². The zero-order valence-corrected chi connectivity index (χ0v) is 17.2. The lowest BCUT2D eigenvalue weighted by atomic mass is 10.1. The van der Waals surface area contributed by atoms with Gasteiger partial charge < -0.3 is 10.1 Å². The van der Waals surface area contributed by atoms with Crippen LogP contribution in [0.5, 0.6) is 0 Å². The third-order valence-corrected chi connectivity index (χ3v) is 4.65. The van der Waals surface area contributed by atoms with Crippen LogP contribution in [0.2, 0.25) is 0 Å². The Morgan fingerprint density at radius 3 is 2.34 bits per heavy atom. The van der Waals surface area contributed by atoms with Crippen LogP contribution in [-0.4, -0.2) is 22.6 Å². The summed E-state index contributed by atoms with van der Waals surface area (Å²) >= 11 is 0. The van der Waals surface area contributed by atoms with Crippen LogP contribution in [0, 0.1) is 10.1 Å².